The Hall–Kier alpha value is -1.78. The average molecular weight is 264 g/mol. The predicted molar refractivity (Wildman–Crippen MR) is 78.2 cm³/mol. The van der Waals surface area contributed by atoms with Gasteiger partial charge < -0.3 is 15.2 Å². The van der Waals surface area contributed by atoms with E-state index in [1.54, 1.807) is 7.05 Å². The molecular weight excluding hydrogens is 240 g/mol. The molecule has 0 bridgehead atoms. The van der Waals surface area contributed by atoms with Crippen LogP contribution in [0.15, 0.2) is 27.7 Å². The summed E-state index contributed by atoms with van der Waals surface area (Å²) in [5.41, 5.74) is 0.979. The number of nitrogens with zero attached hydrogens (tertiary/aromatic N) is 2. The van der Waals surface area contributed by atoms with Crippen molar-refractivity contribution in [1.29, 1.82) is 0 Å². The van der Waals surface area contributed by atoms with Gasteiger partial charge in [-0.15, -0.1) is 0 Å². The van der Waals surface area contributed by atoms with Gasteiger partial charge in [0.1, 0.15) is 0 Å². The van der Waals surface area contributed by atoms with E-state index in [1.807, 2.05) is 19.1 Å². The monoisotopic (exact) mass is 264 g/mol. The number of allylic oxidation sites excluding steroid dienone is 1. The van der Waals surface area contributed by atoms with Crippen LogP contribution in [0.25, 0.3) is 0 Å². The molecule has 0 fully saturated rings. The number of guanidine groups is 1. The maximum Gasteiger partial charge on any atom is 0.191 e. The minimum absolute atomic E-state index is 0.385. The van der Waals surface area contributed by atoms with Gasteiger partial charge in [-0.2, -0.15) is 0 Å². The van der Waals surface area contributed by atoms with E-state index >= 15 is 0 Å². The van der Waals surface area contributed by atoms with Crippen LogP contribution in [0, 0.1) is 0 Å². The zero-order chi connectivity index (χ0) is 14.1. The van der Waals surface area contributed by atoms with Gasteiger partial charge in [-0.3, -0.25) is 4.99 Å². The summed E-state index contributed by atoms with van der Waals surface area (Å²) in [5, 5.41) is 10.4. The third-order valence-electron chi connectivity index (χ3n) is 2.66. The Kier molecular flexibility index (Phi) is 6.71. The second-order valence-corrected chi connectivity index (χ2v) is 4.58. The molecule has 2 N–H and O–H groups in total. The van der Waals surface area contributed by atoms with Crippen LogP contribution in [0.3, 0.4) is 0 Å². The van der Waals surface area contributed by atoms with Crippen molar-refractivity contribution < 1.29 is 4.52 Å². The van der Waals surface area contributed by atoms with Crippen molar-refractivity contribution in [3.63, 3.8) is 0 Å². The summed E-state index contributed by atoms with van der Waals surface area (Å²) >= 11 is 0. The van der Waals surface area contributed by atoms with Crippen LogP contribution in [-0.4, -0.2) is 24.7 Å². The lowest BCUT2D eigenvalue weighted by atomic mass is 10.1. The average Bonchev–Trinajstić information content (AvgIpc) is 2.87. The van der Waals surface area contributed by atoms with Crippen molar-refractivity contribution in [2.45, 2.75) is 39.7 Å². The SMILES string of the molecule is CC=CCCNC(=NC)NCc1cc(C(C)C)no1. The topological polar surface area (TPSA) is 62.5 Å². The Labute approximate surface area is 115 Å². The second-order valence-electron chi connectivity index (χ2n) is 4.58. The van der Waals surface area contributed by atoms with E-state index in [4.69, 9.17) is 4.52 Å². The molecule has 0 saturated heterocycles. The van der Waals surface area contributed by atoms with Crippen LogP contribution in [0.2, 0.25) is 0 Å². The van der Waals surface area contributed by atoms with Crippen LogP contribution >= 0.6 is 0 Å². The lowest BCUT2D eigenvalue weighted by Crippen LogP contribution is -2.37. The first-order chi connectivity index (χ1) is 9.17. The highest BCUT2D eigenvalue weighted by Gasteiger charge is 2.07. The number of aromatic nitrogens is 1. The molecule has 0 aliphatic rings. The van der Waals surface area contributed by atoms with Crippen molar-refractivity contribution in [3.05, 3.63) is 29.7 Å². The second kappa shape index (κ2) is 8.34. The van der Waals surface area contributed by atoms with Gasteiger partial charge in [0.25, 0.3) is 0 Å². The van der Waals surface area contributed by atoms with Crippen LogP contribution < -0.4 is 10.6 Å². The molecule has 0 radical (unpaired) electrons. The maximum absolute atomic E-state index is 5.26. The third-order valence-corrected chi connectivity index (χ3v) is 2.66. The Morgan fingerprint density at radius 3 is 2.84 bits per heavy atom. The van der Waals surface area contributed by atoms with Crippen LogP contribution in [0.1, 0.15) is 44.6 Å². The van der Waals surface area contributed by atoms with Crippen molar-refractivity contribution in [2.24, 2.45) is 4.99 Å². The summed E-state index contributed by atoms with van der Waals surface area (Å²) < 4.78 is 5.26. The molecule has 5 heteroatoms. The number of nitrogens with one attached hydrogen (secondary N) is 2. The molecule has 0 unspecified atom stereocenters. The van der Waals surface area contributed by atoms with E-state index in [9.17, 15) is 0 Å². The van der Waals surface area contributed by atoms with Crippen molar-refractivity contribution >= 4 is 5.96 Å². The third kappa shape index (κ3) is 5.59. The van der Waals surface area contributed by atoms with Crippen LogP contribution in [0.4, 0.5) is 0 Å². The highest BCUT2D eigenvalue weighted by molar-refractivity contribution is 5.79. The molecule has 1 aromatic heterocycles. The molecule has 5 nitrogen and oxygen atoms in total. The van der Waals surface area contributed by atoms with Crippen molar-refractivity contribution in [3.8, 4) is 0 Å². The molecule has 1 aromatic rings. The van der Waals surface area contributed by atoms with Gasteiger partial charge in [-0.25, -0.2) is 0 Å². The summed E-state index contributed by atoms with van der Waals surface area (Å²) in [5.74, 6) is 1.97. The molecule has 0 spiro atoms. The first-order valence-electron chi connectivity index (χ1n) is 6.68. The first kappa shape index (κ1) is 15.3. The lowest BCUT2D eigenvalue weighted by Gasteiger charge is -2.09. The zero-order valence-corrected chi connectivity index (χ0v) is 12.2. The van der Waals surface area contributed by atoms with Gasteiger partial charge in [0.15, 0.2) is 11.7 Å². The van der Waals surface area contributed by atoms with E-state index < -0.39 is 0 Å². The fourth-order valence-corrected chi connectivity index (χ4v) is 1.52. The fourth-order valence-electron chi connectivity index (χ4n) is 1.52. The lowest BCUT2D eigenvalue weighted by molar-refractivity contribution is 0.372. The Morgan fingerprint density at radius 1 is 1.47 bits per heavy atom. The molecule has 19 heavy (non-hydrogen) atoms. The fraction of sp³-hybridized carbons (Fsp3) is 0.571. The maximum atomic E-state index is 5.26. The Morgan fingerprint density at radius 2 is 2.26 bits per heavy atom. The van der Waals surface area contributed by atoms with Crippen molar-refractivity contribution in [1.82, 2.24) is 15.8 Å². The van der Waals surface area contributed by atoms with Crippen LogP contribution in [-0.2, 0) is 6.54 Å². The van der Waals surface area contributed by atoms with Gasteiger partial charge >= 0.3 is 0 Å². The predicted octanol–water partition coefficient (Wildman–Crippen LogP) is 2.43. The molecule has 106 valence electrons. The zero-order valence-electron chi connectivity index (χ0n) is 12.2. The van der Waals surface area contributed by atoms with E-state index in [0.29, 0.717) is 12.5 Å². The van der Waals surface area contributed by atoms with E-state index in [1.165, 1.54) is 0 Å². The molecule has 0 aliphatic carbocycles. The van der Waals surface area contributed by atoms with Gasteiger partial charge in [0, 0.05) is 19.7 Å². The molecule has 0 amide bonds. The number of rotatable bonds is 6. The largest absolute Gasteiger partial charge is 0.359 e. The first-order valence-corrected chi connectivity index (χ1v) is 6.68. The summed E-state index contributed by atoms with van der Waals surface area (Å²) in [6.07, 6.45) is 5.14. The number of hydrogen-bond acceptors (Lipinski definition) is 3. The molecule has 0 saturated carbocycles. The van der Waals surface area contributed by atoms with Gasteiger partial charge in [0.2, 0.25) is 0 Å². The van der Waals surface area contributed by atoms with Gasteiger partial charge in [-0.1, -0.05) is 31.2 Å². The number of hydrogen-bond donors (Lipinski definition) is 2. The summed E-state index contributed by atoms with van der Waals surface area (Å²) in [6, 6.07) is 1.98. The van der Waals surface area contributed by atoms with Gasteiger partial charge in [-0.05, 0) is 19.3 Å². The molecule has 0 atom stereocenters. The van der Waals surface area contributed by atoms with Gasteiger partial charge in [0.05, 0.1) is 12.2 Å². The molecule has 0 aliphatic heterocycles. The quantitative estimate of drug-likeness (QED) is 0.358. The Balaban J connectivity index is 2.36. The van der Waals surface area contributed by atoms with E-state index in [2.05, 4.69) is 40.7 Å². The molecule has 0 aromatic carbocycles. The summed E-state index contributed by atoms with van der Waals surface area (Å²) in [7, 11) is 1.75. The highest BCUT2D eigenvalue weighted by atomic mass is 16.5. The molecule has 1 heterocycles. The summed E-state index contributed by atoms with van der Waals surface area (Å²) in [4.78, 5) is 4.15. The highest BCUT2D eigenvalue weighted by Crippen LogP contribution is 2.13. The van der Waals surface area contributed by atoms with Crippen LogP contribution in [0.5, 0.6) is 0 Å². The normalized spacial score (nSPS) is 12.4. The number of aliphatic imine (C=N–C) groups is 1. The summed E-state index contributed by atoms with van der Waals surface area (Å²) in [6.45, 7) is 7.65. The van der Waals surface area contributed by atoms with Crippen molar-refractivity contribution in [2.75, 3.05) is 13.6 Å². The standard InChI is InChI=1S/C14H24N4O/c1-5-6-7-8-16-14(15-4)17-10-12-9-13(11(2)3)18-19-12/h5-6,9,11H,7-8,10H2,1-4H3,(H2,15,16,17). The Bertz CT molecular complexity index is 421. The molecular formula is C14H24N4O. The smallest absolute Gasteiger partial charge is 0.191 e. The molecule has 1 rings (SSSR count). The van der Waals surface area contributed by atoms with E-state index in [0.717, 1.165) is 30.4 Å². The minimum atomic E-state index is 0.385. The van der Waals surface area contributed by atoms with E-state index in [-0.39, 0.29) is 0 Å². The minimum Gasteiger partial charge on any atom is -0.359 e.